The van der Waals surface area contributed by atoms with E-state index in [1.54, 1.807) is 0 Å². The number of para-hydroxylation sites is 1. The number of piperidine rings is 1. The summed E-state index contributed by atoms with van der Waals surface area (Å²) in [6, 6.07) is 8.04. The quantitative estimate of drug-likeness (QED) is 0.739. The summed E-state index contributed by atoms with van der Waals surface area (Å²) in [6.07, 6.45) is 4.57. The van der Waals surface area contributed by atoms with Crippen LogP contribution in [0.2, 0.25) is 0 Å². The molecule has 3 fully saturated rings. The van der Waals surface area contributed by atoms with Crippen molar-refractivity contribution in [3.8, 4) is 0 Å². The Kier molecular flexibility index (Phi) is 7.85. The summed E-state index contributed by atoms with van der Waals surface area (Å²) in [5, 5.41) is 3.03. The van der Waals surface area contributed by atoms with Gasteiger partial charge >= 0.3 is 6.03 Å². The van der Waals surface area contributed by atoms with Gasteiger partial charge in [0, 0.05) is 64.0 Å². The predicted molar refractivity (Wildman–Crippen MR) is 128 cm³/mol. The third kappa shape index (κ3) is 5.85. The first-order valence-corrected chi connectivity index (χ1v) is 12.5. The Morgan fingerprint density at radius 1 is 0.848 bits per heavy atom. The number of rotatable bonds is 5. The number of amides is 4. The van der Waals surface area contributed by atoms with Crippen LogP contribution in [0.1, 0.15) is 38.2 Å². The Labute approximate surface area is 196 Å². The minimum absolute atomic E-state index is 0.00743. The molecular formula is C25H37N5O3. The van der Waals surface area contributed by atoms with Crippen LogP contribution in [0.5, 0.6) is 0 Å². The van der Waals surface area contributed by atoms with Gasteiger partial charge in [0.1, 0.15) is 0 Å². The minimum atomic E-state index is -0.00859. The summed E-state index contributed by atoms with van der Waals surface area (Å²) in [6.45, 7) is 8.23. The number of carbonyl (C=O) groups excluding carboxylic acids is 3. The molecule has 0 aromatic heterocycles. The number of likely N-dealkylation sites (tertiary alicyclic amines) is 2. The molecule has 4 amide bonds. The fourth-order valence-corrected chi connectivity index (χ4v) is 5.15. The Balaban J connectivity index is 1.18. The molecular weight excluding hydrogens is 418 g/mol. The minimum Gasteiger partial charge on any atom is -0.340 e. The van der Waals surface area contributed by atoms with Gasteiger partial charge in [-0.05, 0) is 43.7 Å². The van der Waals surface area contributed by atoms with E-state index in [0.717, 1.165) is 56.4 Å². The molecule has 33 heavy (non-hydrogen) atoms. The van der Waals surface area contributed by atoms with Crippen molar-refractivity contribution in [2.24, 2.45) is 5.92 Å². The average molecular weight is 456 g/mol. The van der Waals surface area contributed by atoms with Crippen LogP contribution < -0.4 is 5.32 Å². The lowest BCUT2D eigenvalue weighted by Gasteiger charge is -2.39. The molecule has 8 heteroatoms. The first-order chi connectivity index (χ1) is 16.0. The van der Waals surface area contributed by atoms with Gasteiger partial charge in [-0.1, -0.05) is 25.1 Å². The highest BCUT2D eigenvalue weighted by Gasteiger charge is 2.33. The molecule has 0 atom stereocenters. The number of benzene rings is 1. The summed E-state index contributed by atoms with van der Waals surface area (Å²) in [7, 11) is 0. The summed E-state index contributed by atoms with van der Waals surface area (Å²) < 4.78 is 0. The van der Waals surface area contributed by atoms with Crippen molar-refractivity contribution in [3.63, 3.8) is 0 Å². The molecule has 3 heterocycles. The van der Waals surface area contributed by atoms with Gasteiger partial charge in [-0.15, -0.1) is 0 Å². The average Bonchev–Trinajstić information content (AvgIpc) is 3.39. The van der Waals surface area contributed by atoms with Crippen LogP contribution in [0.25, 0.3) is 0 Å². The van der Waals surface area contributed by atoms with Crippen LogP contribution in [-0.4, -0.2) is 96.3 Å². The zero-order valence-corrected chi connectivity index (χ0v) is 19.8. The third-order valence-corrected chi connectivity index (χ3v) is 7.21. The van der Waals surface area contributed by atoms with Crippen LogP contribution in [0.15, 0.2) is 24.3 Å². The molecule has 0 aliphatic carbocycles. The molecule has 3 aliphatic rings. The molecule has 1 aromatic rings. The van der Waals surface area contributed by atoms with Crippen molar-refractivity contribution in [2.45, 2.75) is 39.0 Å². The van der Waals surface area contributed by atoms with Crippen LogP contribution in [-0.2, 0) is 16.0 Å². The summed E-state index contributed by atoms with van der Waals surface area (Å²) >= 11 is 0. The highest BCUT2D eigenvalue weighted by atomic mass is 16.2. The van der Waals surface area contributed by atoms with E-state index in [2.05, 4.69) is 17.1 Å². The van der Waals surface area contributed by atoms with Gasteiger partial charge in [0.2, 0.25) is 11.8 Å². The van der Waals surface area contributed by atoms with Crippen LogP contribution in [0, 0.1) is 5.92 Å². The molecule has 0 radical (unpaired) electrons. The molecule has 0 unspecified atom stereocenters. The van der Waals surface area contributed by atoms with Crippen molar-refractivity contribution < 1.29 is 14.4 Å². The maximum atomic E-state index is 13.0. The van der Waals surface area contributed by atoms with Crippen LogP contribution in [0.4, 0.5) is 10.5 Å². The van der Waals surface area contributed by atoms with Gasteiger partial charge in [0.25, 0.3) is 0 Å². The summed E-state index contributed by atoms with van der Waals surface area (Å²) in [4.78, 5) is 46.1. The van der Waals surface area contributed by atoms with Crippen molar-refractivity contribution in [1.82, 2.24) is 19.6 Å². The molecule has 1 aromatic carbocycles. The monoisotopic (exact) mass is 455 g/mol. The highest BCUT2D eigenvalue weighted by molar-refractivity contribution is 5.93. The third-order valence-electron chi connectivity index (χ3n) is 7.21. The predicted octanol–water partition coefficient (Wildman–Crippen LogP) is 2.26. The number of nitrogens with one attached hydrogen (secondary N) is 1. The second kappa shape index (κ2) is 11.0. The van der Waals surface area contributed by atoms with E-state index < -0.39 is 0 Å². The van der Waals surface area contributed by atoms with Crippen molar-refractivity contribution in [2.75, 3.05) is 64.2 Å². The number of anilines is 1. The maximum Gasteiger partial charge on any atom is 0.319 e. The first kappa shape index (κ1) is 23.5. The van der Waals surface area contributed by atoms with Gasteiger partial charge in [0.05, 0.1) is 6.54 Å². The number of hydrogen-bond donors (Lipinski definition) is 1. The summed E-state index contributed by atoms with van der Waals surface area (Å²) in [5.74, 6) is 0.211. The SMILES string of the molecule is CCc1ccccc1NC(=O)CN1CCN(C(=O)C2CCN(C(=O)N3CCCC3)CC2)CC1. The van der Waals surface area contributed by atoms with E-state index in [0.29, 0.717) is 45.8 Å². The molecule has 8 nitrogen and oxygen atoms in total. The fraction of sp³-hybridized carbons (Fsp3) is 0.640. The Hall–Kier alpha value is -2.61. The standard InChI is InChI=1S/C25H37N5O3/c1-2-20-7-3-4-8-22(20)26-23(31)19-27-15-17-28(18-16-27)24(32)21-9-13-30(14-10-21)25(33)29-11-5-6-12-29/h3-4,7-8,21H,2,5-6,9-19H2,1H3,(H,26,31). The number of aryl methyl sites for hydroxylation is 1. The van der Waals surface area contributed by atoms with Gasteiger partial charge in [-0.25, -0.2) is 4.79 Å². The number of hydrogen-bond acceptors (Lipinski definition) is 4. The molecule has 3 saturated heterocycles. The van der Waals surface area contributed by atoms with E-state index in [1.165, 1.54) is 0 Å². The van der Waals surface area contributed by atoms with E-state index >= 15 is 0 Å². The number of nitrogens with zero attached hydrogens (tertiary/aromatic N) is 4. The van der Waals surface area contributed by atoms with Crippen molar-refractivity contribution in [3.05, 3.63) is 29.8 Å². The van der Waals surface area contributed by atoms with Crippen molar-refractivity contribution >= 4 is 23.5 Å². The molecule has 4 rings (SSSR count). The second-order valence-electron chi connectivity index (χ2n) is 9.40. The lowest BCUT2D eigenvalue weighted by atomic mass is 9.95. The number of carbonyl (C=O) groups is 3. The molecule has 1 N–H and O–H groups in total. The van der Waals surface area contributed by atoms with Gasteiger partial charge in [-0.3, -0.25) is 14.5 Å². The normalized spacial score (nSPS) is 20.2. The van der Waals surface area contributed by atoms with Gasteiger partial charge < -0.3 is 20.0 Å². The van der Waals surface area contributed by atoms with Gasteiger partial charge in [0.15, 0.2) is 0 Å². The molecule has 180 valence electrons. The lowest BCUT2D eigenvalue weighted by Crippen LogP contribution is -2.53. The topological polar surface area (TPSA) is 76.2 Å². The first-order valence-electron chi connectivity index (χ1n) is 12.5. The second-order valence-corrected chi connectivity index (χ2v) is 9.40. The molecule has 0 spiro atoms. The molecule has 3 aliphatic heterocycles. The van der Waals surface area contributed by atoms with E-state index in [9.17, 15) is 14.4 Å². The molecule has 0 bridgehead atoms. The Bertz CT molecular complexity index is 838. The zero-order valence-electron chi connectivity index (χ0n) is 19.8. The van der Waals surface area contributed by atoms with Crippen molar-refractivity contribution in [1.29, 1.82) is 0 Å². The van der Waals surface area contributed by atoms with Gasteiger partial charge in [-0.2, -0.15) is 0 Å². The van der Waals surface area contributed by atoms with E-state index in [-0.39, 0.29) is 23.8 Å². The zero-order chi connectivity index (χ0) is 23.2. The highest BCUT2D eigenvalue weighted by Crippen LogP contribution is 2.23. The van der Waals surface area contributed by atoms with E-state index in [4.69, 9.17) is 0 Å². The number of urea groups is 1. The Morgan fingerprint density at radius 3 is 2.15 bits per heavy atom. The molecule has 0 saturated carbocycles. The smallest absolute Gasteiger partial charge is 0.319 e. The lowest BCUT2D eigenvalue weighted by molar-refractivity contribution is -0.138. The maximum absolute atomic E-state index is 13.0. The number of piperazine rings is 1. The Morgan fingerprint density at radius 2 is 1.48 bits per heavy atom. The van der Waals surface area contributed by atoms with Crippen LogP contribution in [0.3, 0.4) is 0 Å². The largest absolute Gasteiger partial charge is 0.340 e. The fourth-order valence-electron chi connectivity index (χ4n) is 5.15. The van der Waals surface area contributed by atoms with Crippen LogP contribution >= 0.6 is 0 Å². The van der Waals surface area contributed by atoms with E-state index in [1.807, 2.05) is 39.0 Å². The summed E-state index contributed by atoms with van der Waals surface area (Å²) in [5.41, 5.74) is 2.02.